The van der Waals surface area contributed by atoms with Crippen LogP contribution in [0.15, 0.2) is 0 Å². The van der Waals surface area contributed by atoms with Crippen molar-refractivity contribution in [2.45, 2.75) is 40.0 Å². The van der Waals surface area contributed by atoms with E-state index in [-0.39, 0.29) is 12.3 Å². The molecule has 0 spiro atoms. The second-order valence-electron chi connectivity index (χ2n) is 4.72. The summed E-state index contributed by atoms with van der Waals surface area (Å²) in [6.07, 6.45) is -0.0203. The Balaban J connectivity index is 2.42. The molecule has 0 radical (unpaired) electrons. The lowest BCUT2D eigenvalue weighted by atomic mass is 10.1. The third kappa shape index (κ3) is 2.65. The van der Waals surface area contributed by atoms with Crippen molar-refractivity contribution in [3.63, 3.8) is 0 Å². The van der Waals surface area contributed by atoms with Crippen molar-refractivity contribution in [2.75, 3.05) is 0 Å². The molecule has 2 aromatic heterocycles. The van der Waals surface area contributed by atoms with Crippen LogP contribution >= 0.6 is 11.5 Å². The van der Waals surface area contributed by atoms with Crippen molar-refractivity contribution in [1.29, 1.82) is 0 Å². The fourth-order valence-corrected chi connectivity index (χ4v) is 2.63. The second-order valence-corrected chi connectivity index (χ2v) is 5.45. The Morgan fingerprint density at radius 2 is 2.11 bits per heavy atom. The fourth-order valence-electron chi connectivity index (χ4n) is 1.82. The number of nitrogens with zero attached hydrogens (tertiary/aromatic N) is 4. The predicted octanol–water partition coefficient (Wildman–Crippen LogP) is 2.09. The van der Waals surface area contributed by atoms with Crippen LogP contribution in [-0.4, -0.2) is 30.2 Å². The van der Waals surface area contributed by atoms with Crippen LogP contribution in [0.5, 0.6) is 0 Å². The van der Waals surface area contributed by atoms with E-state index in [9.17, 15) is 4.79 Å². The number of carboxylic acid groups (broad SMARTS) is 1. The minimum absolute atomic E-state index is 0.0203. The molecule has 0 fully saturated rings. The number of carboxylic acids is 1. The van der Waals surface area contributed by atoms with Crippen molar-refractivity contribution >= 4 is 17.5 Å². The van der Waals surface area contributed by atoms with Gasteiger partial charge in [0.05, 0.1) is 12.1 Å². The van der Waals surface area contributed by atoms with E-state index < -0.39 is 5.97 Å². The Labute approximate surface area is 115 Å². The van der Waals surface area contributed by atoms with Crippen LogP contribution in [0.3, 0.4) is 0 Å². The SMILES string of the molecule is Cc1nn(-c2nc(C(C)C)ns2)c(C)c1CC(=O)O. The third-order valence-corrected chi connectivity index (χ3v) is 3.60. The summed E-state index contributed by atoms with van der Waals surface area (Å²) in [5.41, 5.74) is 2.28. The standard InChI is InChI=1S/C12H16N4O2S/c1-6(2)11-13-12(19-15-11)16-8(4)9(5-10(17)18)7(3)14-16/h6H,5H2,1-4H3,(H,17,18). The molecule has 0 aliphatic heterocycles. The lowest BCUT2D eigenvalue weighted by Gasteiger charge is -2.00. The lowest BCUT2D eigenvalue weighted by molar-refractivity contribution is -0.136. The average Bonchev–Trinajstić information content (AvgIpc) is 2.89. The Morgan fingerprint density at radius 1 is 1.42 bits per heavy atom. The highest BCUT2D eigenvalue weighted by Gasteiger charge is 2.18. The lowest BCUT2D eigenvalue weighted by Crippen LogP contribution is -2.03. The minimum Gasteiger partial charge on any atom is -0.481 e. The summed E-state index contributed by atoms with van der Waals surface area (Å²) in [5, 5.41) is 14.0. The molecule has 0 aromatic carbocycles. The summed E-state index contributed by atoms with van der Waals surface area (Å²) in [7, 11) is 0. The van der Waals surface area contributed by atoms with Gasteiger partial charge in [-0.05, 0) is 13.8 Å². The van der Waals surface area contributed by atoms with Crippen molar-refractivity contribution in [1.82, 2.24) is 19.1 Å². The molecule has 6 nitrogen and oxygen atoms in total. The van der Waals surface area contributed by atoms with Gasteiger partial charge in [0.15, 0.2) is 0 Å². The molecule has 19 heavy (non-hydrogen) atoms. The first-order valence-corrected chi connectivity index (χ1v) is 6.78. The zero-order valence-corrected chi connectivity index (χ0v) is 12.2. The molecule has 0 aliphatic rings. The summed E-state index contributed by atoms with van der Waals surface area (Å²) in [6.45, 7) is 7.73. The molecule has 2 aromatic rings. The van der Waals surface area contributed by atoms with E-state index in [1.54, 1.807) is 4.68 Å². The van der Waals surface area contributed by atoms with Gasteiger partial charge < -0.3 is 5.11 Å². The van der Waals surface area contributed by atoms with E-state index in [0.717, 1.165) is 22.8 Å². The van der Waals surface area contributed by atoms with Gasteiger partial charge >= 0.3 is 5.97 Å². The van der Waals surface area contributed by atoms with E-state index in [4.69, 9.17) is 5.11 Å². The van der Waals surface area contributed by atoms with Gasteiger partial charge in [-0.15, -0.1) is 0 Å². The maximum atomic E-state index is 10.8. The number of aliphatic carboxylic acids is 1. The number of carbonyl (C=O) groups is 1. The van der Waals surface area contributed by atoms with Crippen LogP contribution in [0, 0.1) is 13.8 Å². The zero-order valence-electron chi connectivity index (χ0n) is 11.3. The van der Waals surface area contributed by atoms with Gasteiger partial charge in [0.1, 0.15) is 5.82 Å². The Bertz CT molecular complexity index is 615. The maximum absolute atomic E-state index is 10.8. The second kappa shape index (κ2) is 5.08. The molecule has 0 saturated carbocycles. The number of hydrogen-bond donors (Lipinski definition) is 1. The summed E-state index contributed by atoms with van der Waals surface area (Å²) < 4.78 is 5.96. The Morgan fingerprint density at radius 3 is 2.63 bits per heavy atom. The molecule has 0 aliphatic carbocycles. The first-order chi connectivity index (χ1) is 8.90. The van der Waals surface area contributed by atoms with Gasteiger partial charge in [0.2, 0.25) is 5.13 Å². The van der Waals surface area contributed by atoms with Crippen molar-refractivity contribution in [2.24, 2.45) is 0 Å². The molecule has 0 saturated heterocycles. The predicted molar refractivity (Wildman–Crippen MR) is 71.9 cm³/mol. The summed E-state index contributed by atoms with van der Waals surface area (Å²) >= 11 is 1.28. The molecule has 2 heterocycles. The van der Waals surface area contributed by atoms with Gasteiger partial charge in [-0.2, -0.15) is 9.47 Å². The normalized spacial score (nSPS) is 11.2. The van der Waals surface area contributed by atoms with Crippen LogP contribution in [0.1, 0.15) is 42.5 Å². The van der Waals surface area contributed by atoms with E-state index in [1.165, 1.54) is 11.5 Å². The van der Waals surface area contributed by atoms with E-state index in [1.807, 2.05) is 27.7 Å². The zero-order chi connectivity index (χ0) is 14.2. The number of aromatic nitrogens is 4. The van der Waals surface area contributed by atoms with Crippen molar-refractivity contribution in [3.8, 4) is 5.13 Å². The molecular formula is C12H16N4O2S. The Hall–Kier alpha value is -1.76. The van der Waals surface area contributed by atoms with Gasteiger partial charge in [-0.3, -0.25) is 4.79 Å². The largest absolute Gasteiger partial charge is 0.481 e. The van der Waals surface area contributed by atoms with Gasteiger partial charge in [-0.1, -0.05) is 13.8 Å². The van der Waals surface area contributed by atoms with Crippen molar-refractivity contribution in [3.05, 3.63) is 22.8 Å². The smallest absolute Gasteiger partial charge is 0.307 e. The summed E-state index contributed by atoms with van der Waals surface area (Å²) in [4.78, 5) is 15.3. The fraction of sp³-hybridized carbons (Fsp3) is 0.500. The topological polar surface area (TPSA) is 80.9 Å². The number of aryl methyl sites for hydroxylation is 1. The van der Waals surface area contributed by atoms with Crippen LogP contribution < -0.4 is 0 Å². The monoisotopic (exact) mass is 280 g/mol. The van der Waals surface area contributed by atoms with Crippen molar-refractivity contribution < 1.29 is 9.90 Å². The van der Waals surface area contributed by atoms with E-state index in [2.05, 4.69) is 14.5 Å². The van der Waals surface area contributed by atoms with Crippen LogP contribution in [0.25, 0.3) is 5.13 Å². The molecule has 7 heteroatoms. The molecule has 0 unspecified atom stereocenters. The highest BCUT2D eigenvalue weighted by molar-refractivity contribution is 7.08. The molecular weight excluding hydrogens is 264 g/mol. The van der Waals surface area contributed by atoms with Crippen LogP contribution in [0.4, 0.5) is 0 Å². The first kappa shape index (κ1) is 13.7. The molecule has 1 N–H and O–H groups in total. The van der Waals surface area contributed by atoms with Gasteiger partial charge in [0, 0.05) is 28.7 Å². The first-order valence-electron chi connectivity index (χ1n) is 6.01. The number of hydrogen-bond acceptors (Lipinski definition) is 5. The van der Waals surface area contributed by atoms with Crippen LogP contribution in [0.2, 0.25) is 0 Å². The summed E-state index contributed by atoms with van der Waals surface area (Å²) in [5.74, 6) is 0.193. The highest BCUT2D eigenvalue weighted by Crippen LogP contribution is 2.21. The van der Waals surface area contributed by atoms with E-state index in [0.29, 0.717) is 5.13 Å². The Kier molecular flexibility index (Phi) is 3.66. The third-order valence-electron chi connectivity index (χ3n) is 2.90. The molecule has 0 amide bonds. The summed E-state index contributed by atoms with van der Waals surface area (Å²) in [6, 6.07) is 0. The quantitative estimate of drug-likeness (QED) is 0.927. The average molecular weight is 280 g/mol. The van der Waals surface area contributed by atoms with Crippen LogP contribution in [-0.2, 0) is 11.2 Å². The molecule has 0 bridgehead atoms. The highest BCUT2D eigenvalue weighted by atomic mass is 32.1. The van der Waals surface area contributed by atoms with Gasteiger partial charge in [-0.25, -0.2) is 9.67 Å². The molecule has 2 rings (SSSR count). The minimum atomic E-state index is -0.856. The molecule has 0 atom stereocenters. The maximum Gasteiger partial charge on any atom is 0.307 e. The van der Waals surface area contributed by atoms with Gasteiger partial charge in [0.25, 0.3) is 0 Å². The molecule has 102 valence electrons. The van der Waals surface area contributed by atoms with E-state index >= 15 is 0 Å². The number of rotatable bonds is 4.